The molecule has 0 radical (unpaired) electrons. The molecular formula is C21H42O14P2. The van der Waals surface area contributed by atoms with Crippen molar-refractivity contribution in [3.8, 4) is 0 Å². The van der Waals surface area contributed by atoms with Crippen molar-refractivity contribution in [3.05, 3.63) is 36.5 Å². The minimum Gasteiger partial charge on any atom is -0.460 e. The van der Waals surface area contributed by atoms with Gasteiger partial charge in [-0.15, -0.1) is 0 Å². The maximum atomic E-state index is 11.4. The number of phosphoric ester groups is 2. The van der Waals surface area contributed by atoms with Gasteiger partial charge in [-0.3, -0.25) is 13.6 Å². The van der Waals surface area contributed by atoms with Gasteiger partial charge < -0.3 is 28.9 Å². The second kappa shape index (κ2) is 23.0. The van der Waals surface area contributed by atoms with Gasteiger partial charge in [-0.2, -0.15) is 0 Å². The zero-order chi connectivity index (χ0) is 26.9. The van der Waals surface area contributed by atoms with Crippen molar-refractivity contribution in [2.75, 3.05) is 39.6 Å². The van der Waals surface area contributed by atoms with Crippen molar-refractivity contribution in [1.82, 2.24) is 0 Å². The average Bonchev–Trinajstić information content (AvgIpc) is 2.70. The molecule has 0 aliphatic rings. The number of hydrogen-bond donors (Lipinski definition) is 3. The van der Waals surface area contributed by atoms with Gasteiger partial charge in [-0.25, -0.2) is 23.5 Å². The van der Waals surface area contributed by atoms with Crippen LogP contribution in [0.3, 0.4) is 0 Å². The van der Waals surface area contributed by atoms with Crippen LogP contribution in [-0.4, -0.2) is 72.2 Å². The molecule has 0 bridgehead atoms. The third kappa shape index (κ3) is 30.0. The van der Waals surface area contributed by atoms with Crippen molar-refractivity contribution in [2.45, 2.75) is 43.1 Å². The average molecular weight is 581 g/mol. The lowest BCUT2D eigenvalue weighted by molar-refractivity contribution is -0.140. The highest BCUT2D eigenvalue weighted by molar-refractivity contribution is 7.47. The van der Waals surface area contributed by atoms with Crippen LogP contribution in [0.1, 0.15) is 43.1 Å². The first-order chi connectivity index (χ1) is 15.5. The maximum Gasteiger partial charge on any atom is 0.472 e. The minimum absolute atomic E-state index is 0. The largest absolute Gasteiger partial charge is 0.472 e. The summed E-state index contributed by atoms with van der Waals surface area (Å²) in [6, 6.07) is 0. The molecule has 0 fully saturated rings. The lowest BCUT2D eigenvalue weighted by Crippen LogP contribution is -2.12. The third-order valence-corrected chi connectivity index (χ3v) is 4.30. The van der Waals surface area contributed by atoms with E-state index >= 15 is 0 Å². The number of hydrogen-bond acceptors (Lipinski definition) is 11. The normalized spacial score (nSPS) is 10.0. The number of carbonyl (C=O) groups excluding carboxylic acids is 3. The van der Waals surface area contributed by atoms with Crippen LogP contribution in [0.15, 0.2) is 36.5 Å². The van der Waals surface area contributed by atoms with Gasteiger partial charge in [0, 0.05) is 16.7 Å². The Morgan fingerprint density at radius 2 is 0.811 bits per heavy atom. The highest BCUT2D eigenvalue weighted by atomic mass is 31.2. The van der Waals surface area contributed by atoms with Crippen LogP contribution >= 0.6 is 15.6 Å². The summed E-state index contributed by atoms with van der Waals surface area (Å²) in [5.74, 6) is -1.87. The van der Waals surface area contributed by atoms with E-state index < -0.39 is 33.6 Å². The molecule has 0 heterocycles. The fraction of sp³-hybridized carbons (Fsp3) is 0.571. The van der Waals surface area contributed by atoms with Crippen molar-refractivity contribution in [2.24, 2.45) is 0 Å². The van der Waals surface area contributed by atoms with Crippen LogP contribution in [0.25, 0.3) is 0 Å². The minimum atomic E-state index is -4.46. The SMILES string of the molecule is C.C.C.C=C(C)C(=O)OCCOP(=O)(O)O.C=C(C)C(=O)OCCOP(=O)(O)OCCOC(=O)C(=C)C. The predicted octanol–water partition coefficient (Wildman–Crippen LogP) is 3.48. The van der Waals surface area contributed by atoms with Gasteiger partial charge in [0.2, 0.25) is 0 Å². The zero-order valence-corrected chi connectivity index (χ0v) is 20.9. The summed E-state index contributed by atoms with van der Waals surface area (Å²) < 4.78 is 48.4. The Morgan fingerprint density at radius 1 is 0.568 bits per heavy atom. The Bertz CT molecular complexity index is 793. The summed E-state index contributed by atoms with van der Waals surface area (Å²) in [4.78, 5) is 58.4. The molecule has 37 heavy (non-hydrogen) atoms. The molecule has 0 atom stereocenters. The maximum absolute atomic E-state index is 11.4. The Labute approximate surface area is 219 Å². The molecule has 220 valence electrons. The van der Waals surface area contributed by atoms with Gasteiger partial charge >= 0.3 is 33.6 Å². The molecule has 0 unspecified atom stereocenters. The van der Waals surface area contributed by atoms with E-state index in [9.17, 15) is 28.4 Å². The Balaban J connectivity index is -0.000000187. The van der Waals surface area contributed by atoms with Crippen molar-refractivity contribution in [1.29, 1.82) is 0 Å². The van der Waals surface area contributed by atoms with E-state index in [4.69, 9.17) is 9.79 Å². The third-order valence-electron chi connectivity index (χ3n) is 2.76. The zero-order valence-electron chi connectivity index (χ0n) is 19.1. The first kappa shape index (κ1) is 44.8. The Kier molecular flexibility index (Phi) is 27.9. The summed E-state index contributed by atoms with van der Waals surface area (Å²) in [6.07, 6.45) is 0. The van der Waals surface area contributed by atoms with Crippen LogP contribution < -0.4 is 0 Å². The lowest BCUT2D eigenvalue weighted by Gasteiger charge is -2.12. The fourth-order valence-electron chi connectivity index (χ4n) is 1.27. The predicted molar refractivity (Wildman–Crippen MR) is 137 cm³/mol. The van der Waals surface area contributed by atoms with E-state index in [1.165, 1.54) is 20.8 Å². The van der Waals surface area contributed by atoms with E-state index in [1.54, 1.807) is 0 Å². The monoisotopic (exact) mass is 580 g/mol. The summed E-state index contributed by atoms with van der Waals surface area (Å²) in [5.41, 5.74) is 0.631. The molecule has 0 rings (SSSR count). The van der Waals surface area contributed by atoms with Crippen molar-refractivity contribution >= 4 is 33.6 Å². The van der Waals surface area contributed by atoms with Gasteiger partial charge in [0.25, 0.3) is 0 Å². The smallest absolute Gasteiger partial charge is 0.460 e. The summed E-state index contributed by atoms with van der Waals surface area (Å²) in [7, 11) is -8.75. The molecule has 0 spiro atoms. The summed E-state index contributed by atoms with van der Waals surface area (Å²) in [6.45, 7) is 12.8. The Morgan fingerprint density at radius 3 is 1.03 bits per heavy atom. The van der Waals surface area contributed by atoms with E-state index in [1.807, 2.05) is 0 Å². The molecular weight excluding hydrogens is 538 g/mol. The molecule has 0 amide bonds. The van der Waals surface area contributed by atoms with Gasteiger partial charge in [0.05, 0.1) is 19.8 Å². The number of phosphoric acid groups is 2. The van der Waals surface area contributed by atoms with Crippen LogP contribution in [0.2, 0.25) is 0 Å². The lowest BCUT2D eigenvalue weighted by atomic mass is 10.4. The molecule has 0 aromatic carbocycles. The standard InChI is InChI=1S/C12H19O8P.C6H11O6P.3CH4/c1-9(2)11(13)17-5-7-19-21(15,16)20-8-6-18-12(14)10(3)4;1-5(2)6(7)11-3-4-12-13(8,9)10;;;/h1,3,5-8H2,2,4H3,(H,15,16);1,3-4H2,2H3,(H2,8,9,10);3*1H4. The van der Waals surface area contributed by atoms with Crippen LogP contribution in [0, 0.1) is 0 Å². The van der Waals surface area contributed by atoms with Gasteiger partial charge in [0.15, 0.2) is 0 Å². The first-order valence-electron chi connectivity index (χ1n) is 9.28. The molecule has 0 aromatic heterocycles. The molecule has 0 aliphatic heterocycles. The van der Waals surface area contributed by atoms with E-state index in [-0.39, 0.29) is 78.6 Å². The number of carbonyl (C=O) groups is 3. The highest BCUT2D eigenvalue weighted by Crippen LogP contribution is 2.42. The highest BCUT2D eigenvalue weighted by Gasteiger charge is 2.21. The van der Waals surface area contributed by atoms with Crippen LogP contribution in [0.5, 0.6) is 0 Å². The number of ether oxygens (including phenoxy) is 3. The van der Waals surface area contributed by atoms with Gasteiger partial charge in [0.1, 0.15) is 19.8 Å². The van der Waals surface area contributed by atoms with E-state index in [2.05, 4.69) is 47.5 Å². The van der Waals surface area contributed by atoms with E-state index in [0.29, 0.717) is 0 Å². The number of rotatable bonds is 15. The first-order valence-corrected chi connectivity index (χ1v) is 12.3. The molecule has 0 aromatic rings. The number of esters is 3. The topological polar surface area (TPSA) is 201 Å². The van der Waals surface area contributed by atoms with Crippen LogP contribution in [0.4, 0.5) is 0 Å². The van der Waals surface area contributed by atoms with Gasteiger partial charge in [-0.1, -0.05) is 42.0 Å². The molecule has 16 heteroatoms. The molecule has 0 aliphatic carbocycles. The second-order valence-corrected chi connectivity index (χ2v) is 8.90. The van der Waals surface area contributed by atoms with Crippen molar-refractivity contribution in [3.63, 3.8) is 0 Å². The van der Waals surface area contributed by atoms with Crippen LogP contribution in [-0.2, 0) is 51.3 Å². The fourth-order valence-corrected chi connectivity index (χ4v) is 2.27. The second-order valence-electron chi connectivity index (χ2n) is 6.21. The quantitative estimate of drug-likeness (QED) is 0.0835. The van der Waals surface area contributed by atoms with E-state index in [0.717, 1.165) is 0 Å². The molecule has 0 saturated carbocycles. The van der Waals surface area contributed by atoms with Gasteiger partial charge in [-0.05, 0) is 20.8 Å². The summed E-state index contributed by atoms with van der Waals surface area (Å²) >= 11 is 0. The Hall–Kier alpha value is -2.15. The summed E-state index contributed by atoms with van der Waals surface area (Å²) in [5, 5.41) is 0. The molecule has 14 nitrogen and oxygen atoms in total. The van der Waals surface area contributed by atoms with Crippen molar-refractivity contribution < 1.29 is 66.0 Å². The molecule has 3 N–H and O–H groups in total. The molecule has 0 saturated heterocycles.